The number of fused-ring (bicyclic) bond motifs is 2. The third-order valence-electron chi connectivity index (χ3n) is 5.05. The Balaban J connectivity index is 1.40. The van der Waals surface area contributed by atoms with E-state index < -0.39 is 0 Å². The second-order valence-electron chi connectivity index (χ2n) is 6.56. The summed E-state index contributed by atoms with van der Waals surface area (Å²) >= 11 is 0. The molecule has 0 aromatic heterocycles. The molecule has 0 saturated heterocycles. The summed E-state index contributed by atoms with van der Waals surface area (Å²) < 4.78 is 0. The molecule has 23 heavy (non-hydrogen) atoms. The Kier molecular flexibility index (Phi) is 3.88. The van der Waals surface area contributed by atoms with Gasteiger partial charge in [-0.1, -0.05) is 48.5 Å². The summed E-state index contributed by atoms with van der Waals surface area (Å²) in [6.07, 6.45) is 2.02. The molecule has 0 spiro atoms. The molecule has 0 atom stereocenters. The maximum Gasteiger partial charge on any atom is 0.237 e. The van der Waals surface area contributed by atoms with Crippen molar-refractivity contribution in [3.8, 4) is 0 Å². The maximum absolute atomic E-state index is 12.7. The average Bonchev–Trinajstić information content (AvgIpc) is 2.61. The molecule has 118 valence electrons. The molecule has 2 aromatic rings. The van der Waals surface area contributed by atoms with Gasteiger partial charge in [0, 0.05) is 26.2 Å². The number of nitrogens with zero attached hydrogens (tertiary/aromatic N) is 2. The first kappa shape index (κ1) is 14.5. The van der Waals surface area contributed by atoms with Gasteiger partial charge in [-0.05, 0) is 35.1 Å². The van der Waals surface area contributed by atoms with E-state index in [1.165, 1.54) is 22.3 Å². The molecule has 0 radical (unpaired) electrons. The molecule has 0 aliphatic carbocycles. The van der Waals surface area contributed by atoms with Crippen LogP contribution in [0.5, 0.6) is 0 Å². The molecular formula is C20H22N2O. The standard InChI is InChI=1S/C20H22N2O/c23-20(22-12-10-17-6-2-4-8-19(17)14-22)15-21-11-9-16-5-1-3-7-18(16)13-21/h1-8H,9-15H2. The lowest BCUT2D eigenvalue weighted by atomic mass is 9.99. The van der Waals surface area contributed by atoms with E-state index in [0.717, 1.165) is 39.0 Å². The van der Waals surface area contributed by atoms with Gasteiger partial charge in [0.25, 0.3) is 0 Å². The zero-order valence-electron chi connectivity index (χ0n) is 13.4. The predicted octanol–water partition coefficient (Wildman–Crippen LogP) is 2.63. The maximum atomic E-state index is 12.7. The molecule has 3 nitrogen and oxygen atoms in total. The Bertz CT molecular complexity index is 725. The third kappa shape index (κ3) is 3.02. The summed E-state index contributed by atoms with van der Waals surface area (Å²) in [5.41, 5.74) is 5.50. The summed E-state index contributed by atoms with van der Waals surface area (Å²) in [6, 6.07) is 17.1. The van der Waals surface area contributed by atoms with Crippen LogP contribution in [0.15, 0.2) is 48.5 Å². The summed E-state index contributed by atoms with van der Waals surface area (Å²) in [5, 5.41) is 0. The number of amides is 1. The SMILES string of the molecule is O=C(CN1CCc2ccccc2C1)N1CCc2ccccc2C1. The Morgan fingerprint density at radius 3 is 2.04 bits per heavy atom. The van der Waals surface area contributed by atoms with E-state index >= 15 is 0 Å². The van der Waals surface area contributed by atoms with Crippen molar-refractivity contribution in [3.63, 3.8) is 0 Å². The monoisotopic (exact) mass is 306 g/mol. The van der Waals surface area contributed by atoms with Gasteiger partial charge in [0.2, 0.25) is 5.91 Å². The molecule has 0 N–H and O–H groups in total. The highest BCUT2D eigenvalue weighted by molar-refractivity contribution is 5.78. The first-order valence-corrected chi connectivity index (χ1v) is 8.43. The number of carbonyl (C=O) groups is 1. The van der Waals surface area contributed by atoms with Crippen molar-refractivity contribution in [1.29, 1.82) is 0 Å². The van der Waals surface area contributed by atoms with Gasteiger partial charge in [0.15, 0.2) is 0 Å². The Hall–Kier alpha value is -2.13. The molecule has 2 heterocycles. The van der Waals surface area contributed by atoms with Gasteiger partial charge in [0.1, 0.15) is 0 Å². The van der Waals surface area contributed by atoms with E-state index in [2.05, 4.69) is 53.4 Å². The molecular weight excluding hydrogens is 284 g/mol. The lowest BCUT2D eigenvalue weighted by Gasteiger charge is -2.33. The van der Waals surface area contributed by atoms with Crippen LogP contribution in [0.25, 0.3) is 0 Å². The highest BCUT2D eigenvalue weighted by Crippen LogP contribution is 2.21. The molecule has 3 heteroatoms. The zero-order chi connectivity index (χ0) is 15.6. The lowest BCUT2D eigenvalue weighted by molar-refractivity contribution is -0.133. The normalized spacial score (nSPS) is 17.5. The van der Waals surface area contributed by atoms with Gasteiger partial charge in [-0.25, -0.2) is 0 Å². The second-order valence-corrected chi connectivity index (χ2v) is 6.56. The predicted molar refractivity (Wildman–Crippen MR) is 91.0 cm³/mol. The van der Waals surface area contributed by atoms with Crippen LogP contribution in [0, 0.1) is 0 Å². The quantitative estimate of drug-likeness (QED) is 0.851. The van der Waals surface area contributed by atoms with Crippen LogP contribution in [-0.4, -0.2) is 35.3 Å². The van der Waals surface area contributed by atoms with Crippen molar-refractivity contribution < 1.29 is 4.79 Å². The highest BCUT2D eigenvalue weighted by atomic mass is 16.2. The molecule has 2 aliphatic heterocycles. The number of benzene rings is 2. The van der Waals surface area contributed by atoms with E-state index in [1.807, 2.05) is 4.90 Å². The largest absolute Gasteiger partial charge is 0.337 e. The van der Waals surface area contributed by atoms with Crippen molar-refractivity contribution in [1.82, 2.24) is 9.80 Å². The highest BCUT2D eigenvalue weighted by Gasteiger charge is 2.24. The van der Waals surface area contributed by atoms with E-state index in [0.29, 0.717) is 6.54 Å². The molecule has 0 saturated carbocycles. The minimum Gasteiger partial charge on any atom is -0.337 e. The van der Waals surface area contributed by atoms with Gasteiger partial charge in [0.05, 0.1) is 6.54 Å². The number of rotatable bonds is 2. The first-order valence-electron chi connectivity index (χ1n) is 8.43. The topological polar surface area (TPSA) is 23.6 Å². The van der Waals surface area contributed by atoms with E-state index in [9.17, 15) is 4.79 Å². The Morgan fingerprint density at radius 1 is 0.783 bits per heavy atom. The van der Waals surface area contributed by atoms with Crippen molar-refractivity contribution in [2.45, 2.75) is 25.9 Å². The van der Waals surface area contributed by atoms with Crippen LogP contribution in [0.2, 0.25) is 0 Å². The summed E-state index contributed by atoms with van der Waals surface area (Å²) in [6.45, 7) is 4.02. The van der Waals surface area contributed by atoms with Gasteiger partial charge in [-0.2, -0.15) is 0 Å². The summed E-state index contributed by atoms with van der Waals surface area (Å²) in [5.74, 6) is 0.263. The molecule has 0 bridgehead atoms. The van der Waals surface area contributed by atoms with Crippen molar-refractivity contribution in [2.75, 3.05) is 19.6 Å². The van der Waals surface area contributed by atoms with Crippen molar-refractivity contribution in [3.05, 3.63) is 70.8 Å². The Morgan fingerprint density at radius 2 is 1.35 bits per heavy atom. The van der Waals surface area contributed by atoms with E-state index in [1.54, 1.807) is 0 Å². The van der Waals surface area contributed by atoms with Gasteiger partial charge < -0.3 is 4.90 Å². The minimum atomic E-state index is 0.263. The molecule has 0 fully saturated rings. The fraction of sp³-hybridized carbons (Fsp3) is 0.350. The minimum absolute atomic E-state index is 0.263. The molecule has 4 rings (SSSR count). The zero-order valence-corrected chi connectivity index (χ0v) is 13.4. The van der Waals surface area contributed by atoms with Crippen molar-refractivity contribution in [2.24, 2.45) is 0 Å². The van der Waals surface area contributed by atoms with Crippen LogP contribution < -0.4 is 0 Å². The molecule has 2 aliphatic rings. The van der Waals surface area contributed by atoms with Crippen LogP contribution in [0.3, 0.4) is 0 Å². The van der Waals surface area contributed by atoms with Crippen LogP contribution >= 0.6 is 0 Å². The fourth-order valence-corrected chi connectivity index (χ4v) is 3.69. The van der Waals surface area contributed by atoms with Crippen LogP contribution in [-0.2, 0) is 30.7 Å². The number of carbonyl (C=O) groups excluding carboxylic acids is 1. The molecule has 1 amide bonds. The van der Waals surface area contributed by atoms with Crippen LogP contribution in [0.1, 0.15) is 22.3 Å². The van der Waals surface area contributed by atoms with Crippen LogP contribution in [0.4, 0.5) is 0 Å². The van der Waals surface area contributed by atoms with Gasteiger partial charge in [-0.3, -0.25) is 9.69 Å². The van der Waals surface area contributed by atoms with Gasteiger partial charge in [-0.15, -0.1) is 0 Å². The van der Waals surface area contributed by atoms with E-state index in [4.69, 9.17) is 0 Å². The van der Waals surface area contributed by atoms with E-state index in [-0.39, 0.29) is 5.91 Å². The van der Waals surface area contributed by atoms with Crippen molar-refractivity contribution >= 4 is 5.91 Å². The summed E-state index contributed by atoms with van der Waals surface area (Å²) in [7, 11) is 0. The van der Waals surface area contributed by atoms with Gasteiger partial charge >= 0.3 is 0 Å². The average molecular weight is 306 g/mol. The fourth-order valence-electron chi connectivity index (χ4n) is 3.69. The number of hydrogen-bond acceptors (Lipinski definition) is 2. The third-order valence-corrected chi connectivity index (χ3v) is 5.05. The first-order chi connectivity index (χ1) is 11.3. The number of hydrogen-bond donors (Lipinski definition) is 0. The summed E-state index contributed by atoms with van der Waals surface area (Å²) in [4.78, 5) is 17.0. The second kappa shape index (κ2) is 6.17. The lowest BCUT2D eigenvalue weighted by Crippen LogP contribution is -2.44. The molecule has 0 unspecified atom stereocenters. The Labute approximate surface area is 137 Å². The molecule has 2 aromatic carbocycles. The smallest absolute Gasteiger partial charge is 0.237 e.